The minimum absolute atomic E-state index is 0.207. The molecule has 0 saturated heterocycles. The Morgan fingerprint density at radius 2 is 2.19 bits per heavy atom. The number of hydrogen-bond acceptors (Lipinski definition) is 6. The number of benzene rings is 1. The fourth-order valence-corrected chi connectivity index (χ4v) is 1.67. The number of halogens is 1. The van der Waals surface area contributed by atoms with Gasteiger partial charge in [0.1, 0.15) is 6.61 Å². The van der Waals surface area contributed by atoms with Crippen molar-refractivity contribution in [3.63, 3.8) is 0 Å². The fraction of sp³-hybridized carbons (Fsp3) is 0.308. The molecule has 0 aromatic heterocycles. The number of nitro benzene ring substituents is 1. The van der Waals surface area contributed by atoms with Gasteiger partial charge in [-0.15, -0.1) is 0 Å². The van der Waals surface area contributed by atoms with Gasteiger partial charge in [0.25, 0.3) is 5.69 Å². The van der Waals surface area contributed by atoms with Crippen LogP contribution in [0.5, 0.6) is 11.5 Å². The van der Waals surface area contributed by atoms with Gasteiger partial charge in [-0.1, -0.05) is 22.5 Å². The molecule has 0 fully saturated rings. The van der Waals surface area contributed by atoms with Crippen LogP contribution < -0.4 is 9.47 Å². The van der Waals surface area contributed by atoms with Crippen LogP contribution in [0.25, 0.3) is 0 Å². The summed E-state index contributed by atoms with van der Waals surface area (Å²) in [7, 11) is 1.42. The van der Waals surface area contributed by atoms with Crippen molar-refractivity contribution in [2.24, 2.45) is 0 Å². The minimum Gasteiger partial charge on any atom is -0.493 e. The maximum Gasteiger partial charge on any atom is 0.330 e. The molecule has 0 heterocycles. The molecule has 0 bridgehead atoms. The van der Waals surface area contributed by atoms with Crippen molar-refractivity contribution < 1.29 is 23.9 Å². The molecule has 21 heavy (non-hydrogen) atoms. The van der Waals surface area contributed by atoms with Crippen LogP contribution >= 0.6 is 15.9 Å². The van der Waals surface area contributed by atoms with E-state index < -0.39 is 10.9 Å². The van der Waals surface area contributed by atoms with Gasteiger partial charge in [-0.05, 0) is 6.07 Å². The van der Waals surface area contributed by atoms with Crippen LogP contribution in [0.1, 0.15) is 5.56 Å². The van der Waals surface area contributed by atoms with Crippen LogP contribution in [-0.2, 0) is 16.1 Å². The molecule has 1 rings (SSSR count). The van der Waals surface area contributed by atoms with E-state index in [9.17, 15) is 14.9 Å². The van der Waals surface area contributed by atoms with E-state index in [0.717, 1.165) is 6.08 Å². The van der Waals surface area contributed by atoms with Crippen molar-refractivity contribution in [2.45, 2.75) is 6.61 Å². The lowest BCUT2D eigenvalue weighted by Crippen LogP contribution is -2.06. The van der Waals surface area contributed by atoms with Gasteiger partial charge in [0, 0.05) is 11.4 Å². The molecule has 0 N–H and O–H groups in total. The van der Waals surface area contributed by atoms with E-state index in [1.165, 1.54) is 19.2 Å². The highest BCUT2D eigenvalue weighted by Gasteiger charge is 2.20. The van der Waals surface area contributed by atoms with Gasteiger partial charge >= 0.3 is 5.97 Å². The van der Waals surface area contributed by atoms with Gasteiger partial charge in [-0.25, -0.2) is 4.79 Å². The topological polar surface area (TPSA) is 87.9 Å². The predicted octanol–water partition coefficient (Wildman–Crippen LogP) is 2.61. The summed E-state index contributed by atoms with van der Waals surface area (Å²) in [5, 5.41) is 11.7. The maximum absolute atomic E-state index is 11.1. The predicted molar refractivity (Wildman–Crippen MR) is 78.9 cm³/mol. The third-order valence-corrected chi connectivity index (χ3v) is 2.76. The van der Waals surface area contributed by atoms with Gasteiger partial charge in [0.05, 0.1) is 30.3 Å². The minimum atomic E-state index is -0.664. The molecule has 114 valence electrons. The van der Waals surface area contributed by atoms with E-state index in [4.69, 9.17) is 14.2 Å². The van der Waals surface area contributed by atoms with Gasteiger partial charge in [-0.3, -0.25) is 10.1 Å². The molecule has 1 aromatic carbocycles. The molecular formula is C13H14BrNO6. The van der Waals surface area contributed by atoms with Gasteiger partial charge in [-0.2, -0.15) is 0 Å². The molecule has 8 heteroatoms. The lowest BCUT2D eigenvalue weighted by molar-refractivity contribution is -0.385. The summed E-state index contributed by atoms with van der Waals surface area (Å²) in [6.45, 7) is 3.33. The normalized spacial score (nSPS) is 9.81. The SMILES string of the molecule is C=CC(=O)OCc1cc(OC)c(OCCBr)cc1[N+](=O)[O-]. The van der Waals surface area contributed by atoms with Crippen LogP contribution in [0.3, 0.4) is 0 Å². The Balaban J connectivity index is 3.13. The second-order valence-corrected chi connectivity index (χ2v) is 4.53. The van der Waals surface area contributed by atoms with E-state index in [1.54, 1.807) is 0 Å². The molecule has 0 aliphatic heterocycles. The first-order valence-corrected chi connectivity index (χ1v) is 6.98. The number of ether oxygens (including phenoxy) is 3. The lowest BCUT2D eigenvalue weighted by atomic mass is 10.1. The number of methoxy groups -OCH3 is 1. The van der Waals surface area contributed by atoms with Crippen molar-refractivity contribution in [1.29, 1.82) is 0 Å². The molecular weight excluding hydrogens is 346 g/mol. The molecule has 0 saturated carbocycles. The Morgan fingerprint density at radius 3 is 2.71 bits per heavy atom. The third-order valence-electron chi connectivity index (χ3n) is 2.43. The first kappa shape index (κ1) is 17.0. The van der Waals surface area contributed by atoms with E-state index in [0.29, 0.717) is 17.7 Å². The maximum atomic E-state index is 11.1. The van der Waals surface area contributed by atoms with Crippen molar-refractivity contribution >= 4 is 27.6 Å². The van der Waals surface area contributed by atoms with Crippen molar-refractivity contribution in [1.82, 2.24) is 0 Å². The molecule has 0 aliphatic rings. The number of rotatable bonds is 8. The summed E-state index contributed by atoms with van der Waals surface area (Å²) in [6.07, 6.45) is 0.983. The molecule has 1 aromatic rings. The van der Waals surface area contributed by atoms with Crippen LogP contribution in [-0.4, -0.2) is 29.9 Å². The van der Waals surface area contributed by atoms with E-state index in [1.807, 2.05) is 0 Å². The number of carbonyl (C=O) groups is 1. The van der Waals surface area contributed by atoms with Crippen LogP contribution in [0.4, 0.5) is 5.69 Å². The summed E-state index contributed by atoms with van der Waals surface area (Å²) in [4.78, 5) is 21.6. The van der Waals surface area contributed by atoms with Gasteiger partial charge in [0.2, 0.25) is 0 Å². The van der Waals surface area contributed by atoms with Crippen LogP contribution in [0.2, 0.25) is 0 Å². The second kappa shape index (κ2) is 8.25. The summed E-state index contributed by atoms with van der Waals surface area (Å²) >= 11 is 3.20. The van der Waals surface area contributed by atoms with Crippen molar-refractivity contribution in [3.8, 4) is 11.5 Å². The summed E-state index contributed by atoms with van der Waals surface area (Å²) < 4.78 is 15.3. The summed E-state index contributed by atoms with van der Waals surface area (Å²) in [5.41, 5.74) is -0.00419. The highest BCUT2D eigenvalue weighted by Crippen LogP contribution is 2.35. The zero-order chi connectivity index (χ0) is 15.8. The average Bonchev–Trinajstić information content (AvgIpc) is 2.49. The van der Waals surface area contributed by atoms with Crippen LogP contribution in [0.15, 0.2) is 24.8 Å². The van der Waals surface area contributed by atoms with Gasteiger partial charge < -0.3 is 14.2 Å². The van der Waals surface area contributed by atoms with Crippen molar-refractivity contribution in [3.05, 3.63) is 40.5 Å². The summed E-state index contributed by atoms with van der Waals surface area (Å²) in [5.74, 6) is -0.0865. The average molecular weight is 360 g/mol. The number of nitrogens with zero attached hydrogens (tertiary/aromatic N) is 1. The molecule has 0 unspecified atom stereocenters. The number of hydrogen-bond donors (Lipinski definition) is 0. The standard InChI is InChI=1S/C13H14BrNO6/c1-3-13(16)21-8-9-6-11(19-2)12(20-5-4-14)7-10(9)15(17)18/h3,6-7H,1,4-5,8H2,2H3. The van der Waals surface area contributed by atoms with E-state index >= 15 is 0 Å². The number of esters is 1. The number of nitro groups is 1. The second-order valence-electron chi connectivity index (χ2n) is 3.74. The van der Waals surface area contributed by atoms with E-state index in [-0.39, 0.29) is 23.6 Å². The molecule has 0 aliphatic carbocycles. The Labute approximate surface area is 129 Å². The smallest absolute Gasteiger partial charge is 0.330 e. The fourth-order valence-electron chi connectivity index (χ4n) is 1.51. The molecule has 0 radical (unpaired) electrons. The number of carbonyl (C=O) groups excluding carboxylic acids is 1. The third kappa shape index (κ3) is 4.75. The lowest BCUT2D eigenvalue weighted by Gasteiger charge is -2.12. The van der Waals surface area contributed by atoms with Gasteiger partial charge in [0.15, 0.2) is 11.5 Å². The molecule has 0 atom stereocenters. The molecule has 0 amide bonds. The Bertz CT molecular complexity index is 546. The highest BCUT2D eigenvalue weighted by atomic mass is 79.9. The first-order chi connectivity index (χ1) is 10.0. The number of alkyl halides is 1. The zero-order valence-electron chi connectivity index (χ0n) is 11.3. The van der Waals surface area contributed by atoms with E-state index in [2.05, 4.69) is 22.5 Å². The monoisotopic (exact) mass is 359 g/mol. The van der Waals surface area contributed by atoms with Crippen LogP contribution in [0, 0.1) is 10.1 Å². The molecule has 7 nitrogen and oxygen atoms in total. The molecule has 0 spiro atoms. The van der Waals surface area contributed by atoms with Crippen molar-refractivity contribution in [2.75, 3.05) is 19.0 Å². The highest BCUT2D eigenvalue weighted by molar-refractivity contribution is 9.09. The largest absolute Gasteiger partial charge is 0.493 e. The Morgan fingerprint density at radius 1 is 1.48 bits per heavy atom. The zero-order valence-corrected chi connectivity index (χ0v) is 12.9. The Hall–Kier alpha value is -2.09. The summed E-state index contributed by atoms with van der Waals surface area (Å²) in [6, 6.07) is 2.66. The Kier molecular flexibility index (Phi) is 6.67. The quantitative estimate of drug-likeness (QED) is 0.233. The first-order valence-electron chi connectivity index (χ1n) is 5.86.